The van der Waals surface area contributed by atoms with Gasteiger partial charge in [-0.2, -0.15) is 0 Å². The van der Waals surface area contributed by atoms with Crippen molar-refractivity contribution in [1.82, 2.24) is 5.32 Å². The van der Waals surface area contributed by atoms with Crippen LogP contribution < -0.4 is 14.8 Å². The van der Waals surface area contributed by atoms with Gasteiger partial charge in [-0.05, 0) is 42.3 Å². The van der Waals surface area contributed by atoms with Crippen molar-refractivity contribution < 1.29 is 9.47 Å². The van der Waals surface area contributed by atoms with Crippen molar-refractivity contribution in [3.8, 4) is 11.5 Å². The van der Waals surface area contributed by atoms with Gasteiger partial charge >= 0.3 is 0 Å². The lowest BCUT2D eigenvalue weighted by atomic mass is 9.78. The van der Waals surface area contributed by atoms with Crippen LogP contribution in [0.15, 0.2) is 42.5 Å². The van der Waals surface area contributed by atoms with E-state index < -0.39 is 0 Å². The molecule has 0 bridgehead atoms. The molecule has 2 aromatic rings. The van der Waals surface area contributed by atoms with E-state index in [9.17, 15) is 0 Å². The summed E-state index contributed by atoms with van der Waals surface area (Å²) in [5.41, 5.74) is 4.06. The normalized spacial score (nSPS) is 16.0. The van der Waals surface area contributed by atoms with E-state index in [0.29, 0.717) is 12.5 Å². The summed E-state index contributed by atoms with van der Waals surface area (Å²) in [6, 6.07) is 14.7. The summed E-state index contributed by atoms with van der Waals surface area (Å²) in [4.78, 5) is 0. The van der Waals surface area contributed by atoms with Crippen LogP contribution in [0.5, 0.6) is 11.5 Å². The van der Waals surface area contributed by atoms with Crippen molar-refractivity contribution in [3.63, 3.8) is 0 Å². The van der Waals surface area contributed by atoms with Gasteiger partial charge in [0.1, 0.15) is 0 Å². The predicted molar refractivity (Wildman–Crippen MR) is 84.1 cm³/mol. The molecule has 3 rings (SSSR count). The quantitative estimate of drug-likeness (QED) is 0.883. The minimum atomic E-state index is 0.499. The van der Waals surface area contributed by atoms with Crippen LogP contribution in [-0.4, -0.2) is 20.8 Å². The third kappa shape index (κ3) is 2.88. The lowest BCUT2D eigenvalue weighted by Gasteiger charge is -2.30. The predicted octanol–water partition coefficient (Wildman–Crippen LogP) is 3.13. The number of hydrogen-bond acceptors (Lipinski definition) is 3. The van der Waals surface area contributed by atoms with Crippen LogP contribution in [0.3, 0.4) is 0 Å². The Hall–Kier alpha value is -2.00. The Morgan fingerprint density at radius 3 is 2.76 bits per heavy atom. The first kappa shape index (κ1) is 14.0. The summed E-state index contributed by atoms with van der Waals surface area (Å²) in [7, 11) is 3.62. The van der Waals surface area contributed by atoms with Crippen molar-refractivity contribution in [2.24, 2.45) is 0 Å². The van der Waals surface area contributed by atoms with E-state index in [1.165, 1.54) is 16.7 Å². The highest BCUT2D eigenvalue weighted by atomic mass is 16.5. The van der Waals surface area contributed by atoms with Crippen molar-refractivity contribution in [1.29, 1.82) is 0 Å². The standard InChI is InChI=1S/C18H21NO2/c1-19-11-13-7-8-17(20-2)18(9-13)21-12-15-10-14-5-3-4-6-16(14)15/h3-9,15,19H,10-12H2,1-2H3. The topological polar surface area (TPSA) is 30.5 Å². The largest absolute Gasteiger partial charge is 0.493 e. The van der Waals surface area contributed by atoms with Gasteiger partial charge in [0.2, 0.25) is 0 Å². The molecule has 0 saturated heterocycles. The molecule has 1 atom stereocenters. The molecule has 3 nitrogen and oxygen atoms in total. The maximum absolute atomic E-state index is 6.02. The lowest BCUT2D eigenvalue weighted by Crippen LogP contribution is -2.23. The van der Waals surface area contributed by atoms with Crippen LogP contribution in [0.4, 0.5) is 0 Å². The number of hydrogen-bond donors (Lipinski definition) is 1. The third-order valence-corrected chi connectivity index (χ3v) is 4.01. The smallest absolute Gasteiger partial charge is 0.161 e. The molecular weight excluding hydrogens is 262 g/mol. The van der Waals surface area contributed by atoms with E-state index in [1.807, 2.05) is 13.1 Å². The van der Waals surface area contributed by atoms with Gasteiger partial charge in [-0.3, -0.25) is 0 Å². The molecular formula is C18H21NO2. The fraction of sp³-hybridized carbons (Fsp3) is 0.333. The van der Waals surface area contributed by atoms with Crippen LogP contribution in [0.2, 0.25) is 0 Å². The first-order chi connectivity index (χ1) is 10.3. The number of fused-ring (bicyclic) bond motifs is 1. The van der Waals surface area contributed by atoms with E-state index in [1.54, 1.807) is 7.11 Å². The van der Waals surface area contributed by atoms with Gasteiger partial charge in [-0.15, -0.1) is 0 Å². The van der Waals surface area contributed by atoms with Gasteiger partial charge in [-0.25, -0.2) is 0 Å². The third-order valence-electron chi connectivity index (χ3n) is 4.01. The molecule has 1 aliphatic carbocycles. The maximum atomic E-state index is 6.02. The highest BCUT2D eigenvalue weighted by Crippen LogP contribution is 2.36. The fourth-order valence-corrected chi connectivity index (χ4v) is 2.85. The molecule has 3 heteroatoms. The zero-order chi connectivity index (χ0) is 14.7. The molecule has 0 spiro atoms. The lowest BCUT2D eigenvalue weighted by molar-refractivity contribution is 0.260. The number of rotatable bonds is 6. The second-order valence-electron chi connectivity index (χ2n) is 5.43. The highest BCUT2D eigenvalue weighted by Gasteiger charge is 2.26. The Labute approximate surface area is 125 Å². The van der Waals surface area contributed by atoms with Crippen molar-refractivity contribution in [3.05, 3.63) is 59.2 Å². The number of ether oxygens (including phenoxy) is 2. The summed E-state index contributed by atoms with van der Waals surface area (Å²) in [5, 5.41) is 3.15. The number of methoxy groups -OCH3 is 1. The van der Waals surface area contributed by atoms with Gasteiger partial charge in [0.15, 0.2) is 11.5 Å². The van der Waals surface area contributed by atoms with Crippen LogP contribution in [0, 0.1) is 0 Å². The molecule has 1 unspecified atom stereocenters. The van der Waals surface area contributed by atoms with Crippen molar-refractivity contribution in [2.75, 3.05) is 20.8 Å². The van der Waals surface area contributed by atoms with E-state index in [4.69, 9.17) is 9.47 Å². The zero-order valence-corrected chi connectivity index (χ0v) is 12.6. The summed E-state index contributed by atoms with van der Waals surface area (Å²) in [6.07, 6.45) is 1.11. The molecule has 0 heterocycles. The molecule has 0 fully saturated rings. The highest BCUT2D eigenvalue weighted by molar-refractivity contribution is 5.44. The first-order valence-electron chi connectivity index (χ1n) is 7.34. The van der Waals surface area contributed by atoms with Crippen molar-refractivity contribution in [2.45, 2.75) is 18.9 Å². The average molecular weight is 283 g/mol. The summed E-state index contributed by atoms with van der Waals surface area (Å²) in [5.74, 6) is 2.12. The minimum Gasteiger partial charge on any atom is -0.493 e. The van der Waals surface area contributed by atoms with Crippen LogP contribution >= 0.6 is 0 Å². The molecule has 1 aliphatic rings. The molecule has 0 saturated carbocycles. The summed E-state index contributed by atoms with van der Waals surface area (Å²) >= 11 is 0. The Morgan fingerprint density at radius 2 is 2.00 bits per heavy atom. The minimum absolute atomic E-state index is 0.499. The molecule has 0 aliphatic heterocycles. The molecule has 0 radical (unpaired) electrons. The second kappa shape index (κ2) is 6.19. The van der Waals surface area contributed by atoms with Crippen LogP contribution in [-0.2, 0) is 13.0 Å². The maximum Gasteiger partial charge on any atom is 0.161 e. The fourth-order valence-electron chi connectivity index (χ4n) is 2.85. The van der Waals surface area contributed by atoms with Gasteiger partial charge in [-0.1, -0.05) is 30.3 Å². The van der Waals surface area contributed by atoms with Gasteiger partial charge < -0.3 is 14.8 Å². The van der Waals surface area contributed by atoms with Crippen LogP contribution in [0.1, 0.15) is 22.6 Å². The molecule has 110 valence electrons. The van der Waals surface area contributed by atoms with Gasteiger partial charge in [0.25, 0.3) is 0 Å². The molecule has 2 aromatic carbocycles. The van der Waals surface area contributed by atoms with Gasteiger partial charge in [0.05, 0.1) is 13.7 Å². The Balaban J connectivity index is 1.69. The number of nitrogens with one attached hydrogen (secondary N) is 1. The average Bonchev–Trinajstić information content (AvgIpc) is 2.49. The van der Waals surface area contributed by atoms with Crippen molar-refractivity contribution >= 4 is 0 Å². The van der Waals surface area contributed by atoms with E-state index in [0.717, 1.165) is 24.5 Å². The molecule has 0 aromatic heterocycles. The Morgan fingerprint density at radius 1 is 1.14 bits per heavy atom. The molecule has 21 heavy (non-hydrogen) atoms. The second-order valence-corrected chi connectivity index (χ2v) is 5.43. The first-order valence-corrected chi connectivity index (χ1v) is 7.34. The van der Waals surface area contributed by atoms with E-state index >= 15 is 0 Å². The van der Waals surface area contributed by atoms with E-state index in [-0.39, 0.29) is 0 Å². The molecule has 1 N–H and O–H groups in total. The summed E-state index contributed by atoms with van der Waals surface area (Å²) in [6.45, 7) is 1.53. The number of benzene rings is 2. The zero-order valence-electron chi connectivity index (χ0n) is 12.6. The van der Waals surface area contributed by atoms with Gasteiger partial charge in [0, 0.05) is 12.5 Å². The Bertz CT molecular complexity index is 624. The Kier molecular flexibility index (Phi) is 4.11. The monoisotopic (exact) mass is 283 g/mol. The molecule has 0 amide bonds. The summed E-state index contributed by atoms with van der Waals surface area (Å²) < 4.78 is 11.4. The van der Waals surface area contributed by atoms with E-state index in [2.05, 4.69) is 41.7 Å². The SMILES string of the molecule is CNCc1ccc(OC)c(OCC2Cc3ccccc32)c1. The van der Waals surface area contributed by atoms with Crippen LogP contribution in [0.25, 0.3) is 0 Å².